The van der Waals surface area contributed by atoms with E-state index in [0.29, 0.717) is 32.6 Å². The van der Waals surface area contributed by atoms with E-state index >= 15 is 0 Å². The normalized spacial score (nSPS) is 25.2. The van der Waals surface area contributed by atoms with Crippen LogP contribution in [0.4, 0.5) is 5.69 Å². The number of hydrogen-bond donors (Lipinski definition) is 2. The molecule has 2 aliphatic heterocycles. The van der Waals surface area contributed by atoms with Gasteiger partial charge in [0.15, 0.2) is 0 Å². The first-order valence-electron chi connectivity index (χ1n) is 11.4. The van der Waals surface area contributed by atoms with Gasteiger partial charge in [-0.2, -0.15) is 5.23 Å². The van der Waals surface area contributed by atoms with Crippen LogP contribution in [-0.4, -0.2) is 53.9 Å². The first-order valence-corrected chi connectivity index (χ1v) is 11.4. The number of pyridine rings is 1. The van der Waals surface area contributed by atoms with Gasteiger partial charge in [-0.3, -0.25) is 9.59 Å². The van der Waals surface area contributed by atoms with Crippen molar-refractivity contribution >= 4 is 11.6 Å². The highest BCUT2D eigenvalue weighted by atomic mass is 16.8. The van der Waals surface area contributed by atoms with E-state index in [1.165, 1.54) is 12.5 Å². The van der Waals surface area contributed by atoms with E-state index in [0.717, 1.165) is 37.8 Å². The number of quaternary nitrogens is 1. The monoisotopic (exact) mass is 443 g/mol. The average molecular weight is 444 g/mol. The fraction of sp³-hybridized carbons (Fsp3) is 0.667. The van der Waals surface area contributed by atoms with Gasteiger partial charge in [-0.15, -0.1) is 5.10 Å². The smallest absolute Gasteiger partial charge is 0.315 e. The quantitative estimate of drug-likeness (QED) is 0.632. The molecule has 11 heteroatoms. The number of fused-ring (bicyclic) bond motifs is 4. The SMILES string of the molecule is O=C(CC1(Cn2cnnn2)CCCCC1)N1CC2CC(C1)c1ccc([NH+]([O-])O)c(=O)n1C2. The minimum absolute atomic E-state index is 0.0591. The molecule has 11 nitrogen and oxygen atoms in total. The highest BCUT2D eigenvalue weighted by molar-refractivity contribution is 5.77. The maximum absolute atomic E-state index is 13.5. The summed E-state index contributed by atoms with van der Waals surface area (Å²) in [5.74, 6) is 0.380. The molecule has 2 N–H and O–H groups in total. The number of likely N-dealkylation sites (tertiary alicyclic amines) is 1. The zero-order chi connectivity index (χ0) is 22.3. The minimum Gasteiger partial charge on any atom is -0.595 e. The van der Waals surface area contributed by atoms with Crippen molar-refractivity contribution in [2.75, 3.05) is 13.1 Å². The Morgan fingerprint density at radius 2 is 2.03 bits per heavy atom. The van der Waals surface area contributed by atoms with Gasteiger partial charge < -0.3 is 14.7 Å². The van der Waals surface area contributed by atoms with Gasteiger partial charge in [0.2, 0.25) is 11.6 Å². The maximum atomic E-state index is 13.5. The first kappa shape index (κ1) is 21.2. The van der Waals surface area contributed by atoms with Crippen LogP contribution < -0.4 is 10.8 Å². The van der Waals surface area contributed by atoms with Crippen molar-refractivity contribution in [3.05, 3.63) is 39.7 Å². The van der Waals surface area contributed by atoms with Crippen LogP contribution in [-0.2, 0) is 17.9 Å². The molecule has 32 heavy (non-hydrogen) atoms. The Labute approximate surface area is 185 Å². The number of carbonyl (C=O) groups is 1. The minimum atomic E-state index is -1.20. The van der Waals surface area contributed by atoms with Gasteiger partial charge in [0, 0.05) is 43.7 Å². The predicted molar refractivity (Wildman–Crippen MR) is 112 cm³/mol. The summed E-state index contributed by atoms with van der Waals surface area (Å²) in [5.41, 5.74) is 0.0908. The maximum Gasteiger partial charge on any atom is 0.315 e. The number of hydrogen-bond acceptors (Lipinski definition) is 7. The summed E-state index contributed by atoms with van der Waals surface area (Å²) in [7, 11) is 0. The molecule has 3 unspecified atom stereocenters. The van der Waals surface area contributed by atoms with E-state index in [1.54, 1.807) is 21.6 Å². The molecule has 2 aromatic rings. The number of nitrogens with zero attached hydrogens (tertiary/aromatic N) is 6. The lowest BCUT2D eigenvalue weighted by molar-refractivity contribution is -0.992. The molecule has 1 saturated heterocycles. The Hall–Kier alpha value is -2.63. The Morgan fingerprint density at radius 1 is 1.22 bits per heavy atom. The van der Waals surface area contributed by atoms with Gasteiger partial charge in [-0.05, 0) is 47.1 Å². The number of piperidine rings is 1. The molecule has 4 heterocycles. The molecule has 2 fully saturated rings. The number of amides is 1. The van der Waals surface area contributed by atoms with E-state index in [9.17, 15) is 20.0 Å². The average Bonchev–Trinajstić information content (AvgIpc) is 3.27. The lowest BCUT2D eigenvalue weighted by Gasteiger charge is -2.44. The molecular formula is C21H29N7O4. The summed E-state index contributed by atoms with van der Waals surface area (Å²) >= 11 is 0. The second-order valence-corrected chi connectivity index (χ2v) is 9.73. The zero-order valence-corrected chi connectivity index (χ0v) is 18.0. The molecule has 0 aromatic carbocycles. The van der Waals surface area contributed by atoms with Gasteiger partial charge in [0.25, 0.3) is 0 Å². The van der Waals surface area contributed by atoms with Gasteiger partial charge in [0.05, 0.1) is 6.54 Å². The fourth-order valence-electron chi connectivity index (χ4n) is 6.03. The number of carbonyl (C=O) groups excluding carboxylic acids is 1. The van der Waals surface area contributed by atoms with Crippen LogP contribution in [0.5, 0.6) is 0 Å². The lowest BCUT2D eigenvalue weighted by atomic mass is 9.71. The van der Waals surface area contributed by atoms with Crippen LogP contribution in [0.3, 0.4) is 0 Å². The molecular weight excluding hydrogens is 414 g/mol. The molecule has 2 aromatic heterocycles. The third kappa shape index (κ3) is 3.96. The van der Waals surface area contributed by atoms with Gasteiger partial charge >= 0.3 is 5.56 Å². The van der Waals surface area contributed by atoms with Crippen LogP contribution in [0.25, 0.3) is 0 Å². The fourth-order valence-corrected chi connectivity index (χ4v) is 6.03. The molecule has 5 rings (SSSR count). The van der Waals surface area contributed by atoms with Gasteiger partial charge in [-0.1, -0.05) is 19.3 Å². The van der Waals surface area contributed by atoms with Crippen LogP contribution in [0.2, 0.25) is 0 Å². The summed E-state index contributed by atoms with van der Waals surface area (Å²) < 4.78 is 3.36. The second-order valence-electron chi connectivity index (χ2n) is 9.73. The third-order valence-corrected chi connectivity index (χ3v) is 7.52. The summed E-state index contributed by atoms with van der Waals surface area (Å²) in [5, 5.41) is 30.9. The van der Waals surface area contributed by atoms with E-state index < -0.39 is 10.8 Å². The van der Waals surface area contributed by atoms with E-state index in [-0.39, 0.29) is 28.8 Å². The Balaban J connectivity index is 1.34. The molecule has 0 spiro atoms. The van der Waals surface area contributed by atoms with Crippen molar-refractivity contribution in [3.63, 3.8) is 0 Å². The van der Waals surface area contributed by atoms with Gasteiger partial charge in [-0.25, -0.2) is 9.89 Å². The summed E-state index contributed by atoms with van der Waals surface area (Å²) in [4.78, 5) is 28.1. The molecule has 1 aliphatic carbocycles. The van der Waals surface area contributed by atoms with Gasteiger partial charge in [0.1, 0.15) is 6.33 Å². The largest absolute Gasteiger partial charge is 0.595 e. The number of aromatic nitrogens is 5. The van der Waals surface area contributed by atoms with Crippen molar-refractivity contribution in [3.8, 4) is 0 Å². The summed E-state index contributed by atoms with van der Waals surface area (Å²) in [6, 6.07) is 3.15. The number of nitrogens with one attached hydrogen (secondary N) is 1. The van der Waals surface area contributed by atoms with Crippen LogP contribution >= 0.6 is 0 Å². The first-order chi connectivity index (χ1) is 15.4. The van der Waals surface area contributed by atoms with E-state index in [4.69, 9.17) is 0 Å². The van der Waals surface area contributed by atoms with E-state index in [1.807, 2.05) is 4.90 Å². The van der Waals surface area contributed by atoms with Crippen molar-refractivity contribution in [1.82, 2.24) is 29.7 Å². The molecule has 2 bridgehead atoms. The Kier molecular flexibility index (Phi) is 5.56. The lowest BCUT2D eigenvalue weighted by Crippen LogP contribution is -3.00. The third-order valence-electron chi connectivity index (χ3n) is 7.52. The highest BCUT2D eigenvalue weighted by Gasteiger charge is 2.41. The summed E-state index contributed by atoms with van der Waals surface area (Å²) in [6.45, 7) is 2.30. The molecule has 3 aliphatic rings. The van der Waals surface area contributed by atoms with Crippen molar-refractivity contribution in [1.29, 1.82) is 0 Å². The van der Waals surface area contributed by atoms with Crippen LogP contribution in [0, 0.1) is 16.5 Å². The zero-order valence-electron chi connectivity index (χ0n) is 18.0. The number of tetrazole rings is 1. The molecule has 1 saturated carbocycles. The van der Waals surface area contributed by atoms with Crippen molar-refractivity contribution in [2.45, 2.75) is 64.0 Å². The van der Waals surface area contributed by atoms with E-state index in [2.05, 4.69) is 15.5 Å². The summed E-state index contributed by atoms with van der Waals surface area (Å²) in [6.07, 6.45) is 8.44. The molecule has 172 valence electrons. The van der Waals surface area contributed by atoms with Crippen molar-refractivity contribution < 1.29 is 15.2 Å². The van der Waals surface area contributed by atoms with Crippen LogP contribution in [0.15, 0.2) is 23.3 Å². The Bertz CT molecular complexity index is 1030. The molecule has 3 atom stereocenters. The molecule has 0 radical (unpaired) electrons. The Morgan fingerprint density at radius 3 is 2.75 bits per heavy atom. The van der Waals surface area contributed by atoms with Crippen molar-refractivity contribution in [2.24, 2.45) is 11.3 Å². The topological polar surface area (TPSA) is 134 Å². The van der Waals surface area contributed by atoms with Crippen LogP contribution in [0.1, 0.15) is 56.6 Å². The number of rotatable bonds is 5. The standard InChI is InChI=1S/C21H29N7O4/c29-19(9-21(6-2-1-3-7-21)13-26-14-22-23-24-26)25-10-15-8-16(12-25)17-4-5-18(28(31)32)20(30)27(17)11-15/h4-5,14-16,28,31H,1-3,6-13H2. The predicted octanol–water partition coefficient (Wildman–Crippen LogP) is 0.225. The highest BCUT2D eigenvalue weighted by Crippen LogP contribution is 2.42. The second kappa shape index (κ2) is 8.38. The molecule has 1 amide bonds.